The van der Waals surface area contributed by atoms with Crippen molar-refractivity contribution in [3.05, 3.63) is 0 Å². The van der Waals surface area contributed by atoms with Crippen LogP contribution in [0.5, 0.6) is 0 Å². The van der Waals surface area contributed by atoms with Crippen LogP contribution in [0.25, 0.3) is 0 Å². The van der Waals surface area contributed by atoms with Crippen LogP contribution in [0.2, 0.25) is 0 Å². The van der Waals surface area contributed by atoms with Gasteiger partial charge in [0.15, 0.2) is 0 Å². The molecule has 0 saturated heterocycles. The van der Waals surface area contributed by atoms with Crippen molar-refractivity contribution >= 4 is 49.5 Å². The summed E-state index contributed by atoms with van der Waals surface area (Å²) in [5.74, 6) is 0. The van der Waals surface area contributed by atoms with Gasteiger partial charge in [-0.3, -0.25) is 12.9 Å². The third-order valence-electron chi connectivity index (χ3n) is 0.500. The first kappa shape index (κ1) is 37.3. The van der Waals surface area contributed by atoms with Crippen molar-refractivity contribution in [1.82, 2.24) is 0 Å². The molecule has 0 bridgehead atoms. The molecule has 0 aromatic heterocycles. The molecule has 0 rings (SSSR count). The summed E-state index contributed by atoms with van der Waals surface area (Å²) in [4.78, 5) is 55.7. The smallest absolute Gasteiger partial charge is 0.781 e. The van der Waals surface area contributed by atoms with Crippen molar-refractivity contribution in [3.8, 4) is 0 Å². The van der Waals surface area contributed by atoms with Crippen LogP contribution in [-0.2, 0) is 40.3 Å². The fourth-order valence-electron chi connectivity index (χ4n) is 0.204. The van der Waals surface area contributed by atoms with Gasteiger partial charge in [0.05, 0.1) is 0 Å². The summed E-state index contributed by atoms with van der Waals surface area (Å²) >= 11 is 0. The Bertz CT molecular complexity index is 318. The van der Waals surface area contributed by atoms with E-state index < -0.39 is 49.5 Å². The largest absolute Gasteiger partial charge is 3.00 e. The summed E-state index contributed by atoms with van der Waals surface area (Å²) in [7, 11) is -21.1. The zero-order chi connectivity index (χ0) is 17.6. The van der Waals surface area contributed by atoms with Crippen molar-refractivity contribution in [2.24, 2.45) is 0 Å². The Morgan fingerprint density at radius 2 is 0.478 bits per heavy atom. The van der Waals surface area contributed by atoms with Gasteiger partial charge in [-0.1, -0.05) is 0 Å². The maximum Gasteiger partial charge on any atom is 3.00 e. The van der Waals surface area contributed by atoms with Crippen LogP contribution in [0.1, 0.15) is 0 Å². The average molecular weight is 766 g/mol. The fraction of sp³-hybridized carbons (Fsp3) is 0. The van der Waals surface area contributed by atoms with E-state index >= 15 is 0 Å². The van der Waals surface area contributed by atoms with Crippen LogP contribution in [0.15, 0.2) is 0 Å². The molecule has 6 atom stereocenters. The third-order valence-corrected chi connectivity index (χ3v) is 4.50. The van der Waals surface area contributed by atoms with Crippen LogP contribution in [0, 0.1) is 74.6 Å². The molecule has 0 aliphatic carbocycles. The molecule has 0 aromatic rings. The quantitative estimate of drug-likeness (QED) is 0.231. The van der Waals surface area contributed by atoms with E-state index in [-0.39, 0.29) is 74.6 Å². The minimum absolute atomic E-state index is 0. The fourth-order valence-corrected chi connectivity index (χ4v) is 1.84. The van der Waals surface area contributed by atoms with E-state index in [4.69, 9.17) is 0 Å². The molecule has 2 radical (unpaired) electrons. The predicted molar refractivity (Wildman–Crippen MR) is 57.3 cm³/mol. The Labute approximate surface area is 191 Å². The van der Waals surface area contributed by atoms with E-state index in [1.807, 2.05) is 0 Å². The van der Waals surface area contributed by atoms with Crippen LogP contribution < -0.4 is 29.4 Å². The zero-order valence-electron chi connectivity index (χ0n) is 9.70. The Morgan fingerprint density at radius 1 is 0.391 bits per heavy atom. The van der Waals surface area contributed by atoms with Crippen LogP contribution in [0.3, 0.4) is 0 Å². The minimum Gasteiger partial charge on any atom is -0.781 e. The van der Waals surface area contributed by atoms with Crippen LogP contribution >= 0.6 is 49.5 Å². The summed E-state index contributed by atoms with van der Waals surface area (Å²) in [5, 5.41) is 0. The van der Waals surface area contributed by atoms with Gasteiger partial charge in [-0.25, -0.2) is 0 Å². The zero-order valence-corrected chi connectivity index (χ0v) is 19.4. The standard InChI is InChI=1S/2Er.3H4O5P2/c;;3*1-6(2)5-7(3)4/h;;3*6-7H,(H,1,2)(H,3,4)/q2*+3;;;/p-6. The second-order valence-electron chi connectivity index (χ2n) is 1.81. The minimum atomic E-state index is -3.51. The van der Waals surface area contributed by atoms with Crippen LogP contribution in [0.4, 0.5) is 0 Å². The molecular formula is H6Er2O15P6. The van der Waals surface area contributed by atoms with E-state index in [0.717, 1.165) is 0 Å². The Morgan fingerprint density at radius 3 is 0.478 bits per heavy atom. The van der Waals surface area contributed by atoms with Gasteiger partial charge in [0.1, 0.15) is 49.5 Å². The second kappa shape index (κ2) is 25.5. The van der Waals surface area contributed by atoms with Crippen molar-refractivity contribution in [2.75, 3.05) is 0 Å². The first-order valence-corrected chi connectivity index (χ1v) is 11.0. The van der Waals surface area contributed by atoms with Crippen molar-refractivity contribution < 1.29 is 144 Å². The van der Waals surface area contributed by atoms with Gasteiger partial charge in [0.2, 0.25) is 0 Å². The maximum absolute atomic E-state index is 9.29. The Balaban J connectivity index is -0.0000000675. The molecule has 0 saturated carbocycles. The number of hydrogen-bond acceptors (Lipinski definition) is 15. The van der Waals surface area contributed by atoms with E-state index in [0.29, 0.717) is 0 Å². The maximum atomic E-state index is 9.29. The number of rotatable bonds is 6. The molecule has 23 heavy (non-hydrogen) atoms. The van der Waals surface area contributed by atoms with Crippen LogP contribution in [-0.4, -0.2) is 0 Å². The molecule has 0 heterocycles. The molecule has 0 aliphatic heterocycles. The first-order chi connectivity index (χ1) is 9.38. The molecule has 0 amide bonds. The molecule has 15 nitrogen and oxygen atoms in total. The summed E-state index contributed by atoms with van der Waals surface area (Å²) in [6.07, 6.45) is 0. The van der Waals surface area contributed by atoms with Crippen molar-refractivity contribution in [1.29, 1.82) is 0 Å². The summed E-state index contributed by atoms with van der Waals surface area (Å²) < 4.78 is 65.4. The molecule has 6 unspecified atom stereocenters. The second-order valence-corrected chi connectivity index (χ2v) is 7.26. The van der Waals surface area contributed by atoms with Gasteiger partial charge >= 0.3 is 74.6 Å². The Hall–Kier alpha value is 3.51. The molecule has 0 aliphatic rings. The van der Waals surface area contributed by atoms with E-state index in [1.165, 1.54) is 0 Å². The Kier molecular flexibility index (Phi) is 41.4. The van der Waals surface area contributed by atoms with Gasteiger partial charge in [0.25, 0.3) is 0 Å². The van der Waals surface area contributed by atoms with Gasteiger partial charge in [-0.05, 0) is 0 Å². The topological polar surface area (TPSA) is 268 Å². The number of hydrogen-bond donors (Lipinski definition) is 0. The predicted octanol–water partition coefficient (Wildman–Crippen LogP) is -4.49. The molecule has 0 aromatic carbocycles. The molecule has 0 N–H and O–H groups in total. The van der Waals surface area contributed by atoms with Gasteiger partial charge in [-0.15, -0.1) is 0 Å². The van der Waals surface area contributed by atoms with Crippen molar-refractivity contribution in [3.63, 3.8) is 0 Å². The normalized spacial score (nSPS) is 17.0. The van der Waals surface area contributed by atoms with Gasteiger partial charge in [0, 0.05) is 0 Å². The molecule has 0 fully saturated rings. The summed E-state index contributed by atoms with van der Waals surface area (Å²) in [6.45, 7) is 0. The SMILES string of the molecule is O=[PH]([O-])O[PH](=O)[O-].O=[PH]([O-])O[PH](=O)[O-].O=[PH]([O-])O[PH](=O)[O-].[Er+3].[Er+3]. The van der Waals surface area contributed by atoms with E-state index in [2.05, 4.69) is 12.9 Å². The summed E-state index contributed by atoms with van der Waals surface area (Å²) in [5.41, 5.74) is 0. The van der Waals surface area contributed by atoms with Gasteiger partial charge in [-0.2, -0.15) is 0 Å². The molecular weight excluding hydrogens is 760 g/mol. The summed E-state index contributed by atoms with van der Waals surface area (Å²) in [6, 6.07) is 0. The van der Waals surface area contributed by atoms with E-state index in [1.54, 1.807) is 0 Å². The molecule has 150 valence electrons. The molecule has 0 spiro atoms. The first-order valence-electron chi connectivity index (χ1n) is 3.67. The average Bonchev–Trinajstić information content (AvgIpc) is 2.10. The monoisotopic (exact) mass is 764 g/mol. The third kappa shape index (κ3) is 58.6. The van der Waals surface area contributed by atoms with Crippen molar-refractivity contribution in [2.45, 2.75) is 0 Å². The molecule has 23 heteroatoms. The van der Waals surface area contributed by atoms with E-state index in [9.17, 15) is 56.8 Å². The van der Waals surface area contributed by atoms with Gasteiger partial charge < -0.3 is 56.8 Å².